The maximum Gasteiger partial charge on any atom is 0.420 e. The molecule has 0 atom stereocenters. The van der Waals surface area contributed by atoms with Crippen LogP contribution in [0.15, 0.2) is 28.4 Å². The van der Waals surface area contributed by atoms with E-state index in [1.165, 1.54) is 0 Å². The molecule has 0 amide bonds. The number of hydrogen-bond acceptors (Lipinski definition) is 5. The Bertz CT molecular complexity index is 658. The number of esters is 2. The molecule has 10 heteroatoms. The standard InChI is InChI=1S/C13H10BrF4NO4/c1-22-9(20)5-8(12(21)23-2)19-7-4-3-6(15)10(11(7)14)13(16,17)18/h3-5,19H,1-2H3/b8-5+. The molecule has 0 aliphatic carbocycles. The van der Waals surface area contributed by atoms with Crippen LogP contribution in [-0.2, 0) is 25.2 Å². The van der Waals surface area contributed by atoms with Crippen molar-refractivity contribution in [3.8, 4) is 0 Å². The minimum absolute atomic E-state index is 0.292. The summed E-state index contributed by atoms with van der Waals surface area (Å²) in [5.74, 6) is -3.46. The minimum atomic E-state index is -4.96. The summed E-state index contributed by atoms with van der Waals surface area (Å²) in [7, 11) is 2.05. The van der Waals surface area contributed by atoms with Gasteiger partial charge in [-0.3, -0.25) is 0 Å². The van der Waals surface area contributed by atoms with Crippen LogP contribution in [0.5, 0.6) is 0 Å². The first-order valence-corrected chi connectivity index (χ1v) is 6.61. The normalized spacial score (nSPS) is 11.9. The first-order chi connectivity index (χ1) is 10.6. The fourth-order valence-corrected chi connectivity index (χ4v) is 2.13. The molecule has 126 valence electrons. The van der Waals surface area contributed by atoms with Crippen LogP contribution < -0.4 is 5.32 Å². The number of carbonyl (C=O) groups is 2. The lowest BCUT2D eigenvalue weighted by molar-refractivity contribution is -0.140. The summed E-state index contributed by atoms with van der Waals surface area (Å²) >= 11 is 2.63. The molecule has 0 heterocycles. The second kappa shape index (κ2) is 7.44. The van der Waals surface area contributed by atoms with Gasteiger partial charge in [-0.1, -0.05) is 0 Å². The number of rotatable bonds is 4. The topological polar surface area (TPSA) is 64.6 Å². The third kappa shape index (κ3) is 4.68. The van der Waals surface area contributed by atoms with Gasteiger partial charge in [0.05, 0.1) is 30.5 Å². The molecule has 1 rings (SSSR count). The van der Waals surface area contributed by atoms with Crippen molar-refractivity contribution in [2.24, 2.45) is 0 Å². The lowest BCUT2D eigenvalue weighted by atomic mass is 10.1. The fraction of sp³-hybridized carbons (Fsp3) is 0.231. The van der Waals surface area contributed by atoms with E-state index in [-0.39, 0.29) is 5.69 Å². The summed E-state index contributed by atoms with van der Waals surface area (Å²) in [6, 6.07) is 1.53. The number of alkyl halides is 3. The van der Waals surface area contributed by atoms with E-state index >= 15 is 0 Å². The summed E-state index contributed by atoms with van der Waals surface area (Å²) in [5, 5.41) is 2.28. The van der Waals surface area contributed by atoms with Crippen molar-refractivity contribution in [2.75, 3.05) is 19.5 Å². The van der Waals surface area contributed by atoms with Gasteiger partial charge in [0.15, 0.2) is 0 Å². The van der Waals surface area contributed by atoms with Gasteiger partial charge in [-0.2, -0.15) is 13.2 Å². The van der Waals surface area contributed by atoms with E-state index in [9.17, 15) is 27.2 Å². The molecule has 23 heavy (non-hydrogen) atoms. The molecular formula is C13H10BrF4NO4. The zero-order valence-corrected chi connectivity index (χ0v) is 13.3. The Morgan fingerprint density at radius 2 is 1.83 bits per heavy atom. The van der Waals surface area contributed by atoms with Crippen LogP contribution in [0.25, 0.3) is 0 Å². The van der Waals surface area contributed by atoms with Gasteiger partial charge in [0, 0.05) is 0 Å². The summed E-state index contributed by atoms with van der Waals surface area (Å²) in [4.78, 5) is 22.8. The fourth-order valence-electron chi connectivity index (χ4n) is 1.49. The van der Waals surface area contributed by atoms with Gasteiger partial charge in [0.1, 0.15) is 17.1 Å². The summed E-state index contributed by atoms with van der Waals surface area (Å²) in [6.45, 7) is 0. The molecule has 0 spiro atoms. The molecule has 0 aliphatic heterocycles. The highest BCUT2D eigenvalue weighted by molar-refractivity contribution is 9.10. The van der Waals surface area contributed by atoms with Crippen LogP contribution in [0, 0.1) is 5.82 Å². The third-order valence-corrected chi connectivity index (χ3v) is 3.34. The first-order valence-electron chi connectivity index (χ1n) is 5.82. The molecular weight excluding hydrogens is 390 g/mol. The van der Waals surface area contributed by atoms with Crippen molar-refractivity contribution in [1.29, 1.82) is 0 Å². The Morgan fingerprint density at radius 3 is 2.30 bits per heavy atom. The number of hydrogen-bond donors (Lipinski definition) is 1. The summed E-state index contributed by atoms with van der Waals surface area (Å²) in [6.07, 6.45) is -4.27. The molecule has 0 fully saturated rings. The molecule has 1 aromatic carbocycles. The van der Waals surface area contributed by atoms with Crippen LogP contribution in [0.2, 0.25) is 0 Å². The predicted molar refractivity (Wildman–Crippen MR) is 74.8 cm³/mol. The third-order valence-electron chi connectivity index (χ3n) is 2.51. The smallest absolute Gasteiger partial charge is 0.420 e. The van der Waals surface area contributed by atoms with Crippen molar-refractivity contribution in [1.82, 2.24) is 0 Å². The van der Waals surface area contributed by atoms with Crippen LogP contribution in [-0.4, -0.2) is 26.2 Å². The molecule has 0 aromatic heterocycles. The second-order valence-electron chi connectivity index (χ2n) is 3.98. The van der Waals surface area contributed by atoms with Crippen LogP contribution in [0.3, 0.4) is 0 Å². The Morgan fingerprint density at radius 1 is 1.22 bits per heavy atom. The Labute approximate surface area is 136 Å². The quantitative estimate of drug-likeness (QED) is 0.478. The van der Waals surface area contributed by atoms with Crippen molar-refractivity contribution < 1.29 is 36.6 Å². The van der Waals surface area contributed by atoms with Crippen molar-refractivity contribution in [2.45, 2.75) is 6.18 Å². The highest BCUT2D eigenvalue weighted by Crippen LogP contribution is 2.40. The highest BCUT2D eigenvalue weighted by atomic mass is 79.9. The van der Waals surface area contributed by atoms with Crippen molar-refractivity contribution >= 4 is 33.6 Å². The highest BCUT2D eigenvalue weighted by Gasteiger charge is 2.37. The van der Waals surface area contributed by atoms with Gasteiger partial charge in [-0.25, -0.2) is 14.0 Å². The Kier molecular flexibility index (Phi) is 6.13. The number of benzene rings is 1. The monoisotopic (exact) mass is 399 g/mol. The largest absolute Gasteiger partial charge is 0.466 e. The molecule has 5 nitrogen and oxygen atoms in total. The van der Waals surface area contributed by atoms with Crippen LogP contribution in [0.1, 0.15) is 5.56 Å². The molecule has 0 saturated heterocycles. The first kappa shape index (κ1) is 18.9. The molecule has 0 saturated carbocycles. The van der Waals surface area contributed by atoms with Crippen molar-refractivity contribution in [3.63, 3.8) is 0 Å². The molecule has 1 aromatic rings. The van der Waals surface area contributed by atoms with Gasteiger partial charge < -0.3 is 14.8 Å². The van der Waals surface area contributed by atoms with E-state index in [1.807, 2.05) is 0 Å². The SMILES string of the molecule is COC(=O)/C=C(/Nc1ccc(F)c(C(F)(F)F)c1Br)C(=O)OC. The summed E-state index contributed by atoms with van der Waals surface area (Å²) in [5.41, 5.74) is -2.33. The van der Waals surface area contributed by atoms with Gasteiger partial charge in [-0.05, 0) is 28.1 Å². The second-order valence-corrected chi connectivity index (χ2v) is 4.77. The molecule has 0 unspecified atom stereocenters. The maximum absolute atomic E-state index is 13.4. The maximum atomic E-state index is 13.4. The van der Waals surface area contributed by atoms with Gasteiger partial charge in [0.2, 0.25) is 0 Å². The lowest BCUT2D eigenvalue weighted by Crippen LogP contribution is -2.17. The zero-order valence-electron chi connectivity index (χ0n) is 11.8. The molecule has 0 aliphatic rings. The van der Waals surface area contributed by atoms with Gasteiger partial charge in [0.25, 0.3) is 0 Å². The van der Waals surface area contributed by atoms with Gasteiger partial charge in [-0.15, -0.1) is 0 Å². The molecule has 0 radical (unpaired) electrons. The number of anilines is 1. The molecule has 1 N–H and O–H groups in total. The van der Waals surface area contributed by atoms with Gasteiger partial charge >= 0.3 is 18.1 Å². The minimum Gasteiger partial charge on any atom is -0.466 e. The number of nitrogens with one attached hydrogen (secondary N) is 1. The average molecular weight is 400 g/mol. The van der Waals surface area contributed by atoms with E-state index in [2.05, 4.69) is 30.7 Å². The van der Waals surface area contributed by atoms with E-state index in [1.54, 1.807) is 0 Å². The molecule has 0 bridgehead atoms. The Hall–Kier alpha value is -2.10. The van der Waals surface area contributed by atoms with Crippen LogP contribution >= 0.6 is 15.9 Å². The van der Waals surface area contributed by atoms with Crippen molar-refractivity contribution in [3.05, 3.63) is 39.8 Å². The number of methoxy groups -OCH3 is 2. The Balaban J connectivity index is 3.33. The summed E-state index contributed by atoms with van der Waals surface area (Å²) < 4.78 is 60.0. The number of halogens is 5. The zero-order chi connectivity index (χ0) is 17.8. The van der Waals surface area contributed by atoms with E-state index in [0.29, 0.717) is 12.1 Å². The number of ether oxygens (including phenoxy) is 2. The predicted octanol–water partition coefficient (Wildman–Crippen LogP) is 3.25. The lowest BCUT2D eigenvalue weighted by Gasteiger charge is -2.15. The van der Waals surface area contributed by atoms with E-state index in [0.717, 1.165) is 20.3 Å². The van der Waals surface area contributed by atoms with E-state index in [4.69, 9.17) is 0 Å². The average Bonchev–Trinajstić information content (AvgIpc) is 2.46. The number of carbonyl (C=O) groups excluding carboxylic acids is 2. The van der Waals surface area contributed by atoms with Crippen LogP contribution in [0.4, 0.5) is 23.2 Å². The van der Waals surface area contributed by atoms with E-state index < -0.39 is 39.7 Å².